The lowest BCUT2D eigenvalue weighted by molar-refractivity contribution is -0.129. The van der Waals surface area contributed by atoms with Crippen molar-refractivity contribution in [1.29, 1.82) is 0 Å². The first kappa shape index (κ1) is 14.4. The average molecular weight is 289 g/mol. The smallest absolute Gasteiger partial charge is 0.157 e. The van der Waals surface area contributed by atoms with Gasteiger partial charge in [0, 0.05) is 31.5 Å². The fourth-order valence-corrected chi connectivity index (χ4v) is 3.75. The first-order valence-corrected chi connectivity index (χ1v) is 7.77. The number of carbonyl (C=O) groups excluding carboxylic acids is 1. The van der Waals surface area contributed by atoms with Gasteiger partial charge in [-0.05, 0) is 42.0 Å². The van der Waals surface area contributed by atoms with Crippen LogP contribution in [-0.2, 0) is 11.2 Å². The molecule has 3 rings (SSSR count). The molecule has 21 heavy (non-hydrogen) atoms. The van der Waals surface area contributed by atoms with E-state index in [0.717, 1.165) is 37.1 Å². The van der Waals surface area contributed by atoms with E-state index in [0.29, 0.717) is 18.1 Å². The Balaban J connectivity index is 1.87. The van der Waals surface area contributed by atoms with Crippen molar-refractivity contribution in [1.82, 2.24) is 4.90 Å². The molecule has 0 bridgehead atoms. The summed E-state index contributed by atoms with van der Waals surface area (Å²) < 4.78 is 0. The van der Waals surface area contributed by atoms with Gasteiger partial charge in [-0.25, -0.2) is 0 Å². The Morgan fingerprint density at radius 2 is 2.00 bits per heavy atom. The Morgan fingerprint density at radius 1 is 1.29 bits per heavy atom. The van der Waals surface area contributed by atoms with Crippen LogP contribution in [0.3, 0.4) is 0 Å². The molecule has 4 heteroatoms. The molecule has 0 saturated carbocycles. The maximum atomic E-state index is 12.4. The summed E-state index contributed by atoms with van der Waals surface area (Å²) in [6.45, 7) is 6.06. The minimum absolute atomic E-state index is 0.0659. The summed E-state index contributed by atoms with van der Waals surface area (Å²) >= 11 is 0. The van der Waals surface area contributed by atoms with Gasteiger partial charge in [0.05, 0.1) is 0 Å². The molecule has 2 aliphatic rings. The number of phenolic OH excluding ortho intramolecular Hbond substituents is 2. The molecule has 2 N–H and O–H groups in total. The van der Waals surface area contributed by atoms with E-state index in [4.69, 9.17) is 0 Å². The fraction of sp³-hybridized carbons (Fsp3) is 0.588. The molecule has 2 atom stereocenters. The lowest BCUT2D eigenvalue weighted by Crippen LogP contribution is -2.46. The van der Waals surface area contributed by atoms with Gasteiger partial charge in [0.15, 0.2) is 11.5 Å². The maximum absolute atomic E-state index is 12.4. The van der Waals surface area contributed by atoms with Crippen LogP contribution in [0.5, 0.6) is 11.5 Å². The molecule has 1 unspecified atom stereocenters. The van der Waals surface area contributed by atoms with Gasteiger partial charge in [0.25, 0.3) is 0 Å². The number of rotatable bonds is 2. The lowest BCUT2D eigenvalue weighted by atomic mass is 9.80. The SMILES string of the molecule is CC(C)C[C@H]1CN2CCc3cc(O)c(O)cc3C2CC1=O. The van der Waals surface area contributed by atoms with Crippen molar-refractivity contribution in [2.45, 2.75) is 39.2 Å². The Morgan fingerprint density at radius 3 is 2.71 bits per heavy atom. The highest BCUT2D eigenvalue weighted by molar-refractivity contribution is 5.83. The molecular weight excluding hydrogens is 266 g/mol. The number of fused-ring (bicyclic) bond motifs is 3. The van der Waals surface area contributed by atoms with E-state index < -0.39 is 0 Å². The van der Waals surface area contributed by atoms with Crippen molar-refractivity contribution in [2.24, 2.45) is 11.8 Å². The third-order valence-corrected chi connectivity index (χ3v) is 4.77. The largest absolute Gasteiger partial charge is 0.504 e. The number of ketones is 1. The second kappa shape index (κ2) is 5.34. The molecule has 1 aromatic rings. The number of hydrogen-bond acceptors (Lipinski definition) is 4. The van der Waals surface area contributed by atoms with Crippen molar-refractivity contribution >= 4 is 5.78 Å². The lowest BCUT2D eigenvalue weighted by Gasteiger charge is -2.43. The number of aromatic hydroxyl groups is 2. The van der Waals surface area contributed by atoms with Gasteiger partial charge in [0.2, 0.25) is 0 Å². The molecule has 1 fully saturated rings. The minimum Gasteiger partial charge on any atom is -0.504 e. The first-order chi connectivity index (χ1) is 9.95. The van der Waals surface area contributed by atoms with E-state index in [9.17, 15) is 15.0 Å². The molecule has 0 spiro atoms. The van der Waals surface area contributed by atoms with Crippen LogP contribution in [0.2, 0.25) is 0 Å². The van der Waals surface area contributed by atoms with E-state index in [1.54, 1.807) is 12.1 Å². The molecule has 2 heterocycles. The van der Waals surface area contributed by atoms with Crippen molar-refractivity contribution in [3.8, 4) is 11.5 Å². The van der Waals surface area contributed by atoms with E-state index in [1.807, 2.05) is 0 Å². The van der Waals surface area contributed by atoms with Crippen LogP contribution in [0.4, 0.5) is 0 Å². The van der Waals surface area contributed by atoms with Crippen LogP contribution in [0.1, 0.15) is 43.9 Å². The van der Waals surface area contributed by atoms with E-state index in [2.05, 4.69) is 18.7 Å². The van der Waals surface area contributed by atoms with Crippen LogP contribution in [0.15, 0.2) is 12.1 Å². The van der Waals surface area contributed by atoms with Crippen LogP contribution in [0.25, 0.3) is 0 Å². The summed E-state index contributed by atoms with van der Waals surface area (Å²) in [6.07, 6.45) is 2.34. The molecule has 2 aliphatic heterocycles. The number of Topliss-reactive ketones (excluding diaryl/α,β-unsaturated/α-hetero) is 1. The number of nitrogens with zero attached hydrogens (tertiary/aromatic N) is 1. The molecule has 1 aromatic carbocycles. The molecule has 1 saturated heterocycles. The number of piperidine rings is 1. The predicted molar refractivity (Wildman–Crippen MR) is 80.4 cm³/mol. The molecule has 0 radical (unpaired) electrons. The Kier molecular flexibility index (Phi) is 3.66. The Bertz CT molecular complexity index is 567. The summed E-state index contributed by atoms with van der Waals surface area (Å²) in [5.41, 5.74) is 2.06. The van der Waals surface area contributed by atoms with Crippen molar-refractivity contribution in [3.05, 3.63) is 23.3 Å². The number of carbonyl (C=O) groups is 1. The normalized spacial score (nSPS) is 25.8. The first-order valence-electron chi connectivity index (χ1n) is 7.77. The zero-order chi connectivity index (χ0) is 15.1. The van der Waals surface area contributed by atoms with Crippen LogP contribution < -0.4 is 0 Å². The highest BCUT2D eigenvalue weighted by Gasteiger charge is 2.38. The molecule has 114 valence electrons. The van der Waals surface area contributed by atoms with E-state index in [1.165, 1.54) is 0 Å². The summed E-state index contributed by atoms with van der Waals surface area (Å²) in [6, 6.07) is 3.35. The number of phenols is 2. The Labute approximate surface area is 125 Å². The third kappa shape index (κ3) is 2.64. The highest BCUT2D eigenvalue weighted by atomic mass is 16.3. The summed E-state index contributed by atoms with van der Waals surface area (Å²) in [5.74, 6) is 0.863. The van der Waals surface area contributed by atoms with Gasteiger partial charge in [0.1, 0.15) is 5.78 Å². The van der Waals surface area contributed by atoms with Gasteiger partial charge in [-0.15, -0.1) is 0 Å². The monoisotopic (exact) mass is 289 g/mol. The molecule has 4 nitrogen and oxygen atoms in total. The van der Waals surface area contributed by atoms with E-state index in [-0.39, 0.29) is 23.5 Å². The molecule has 0 aromatic heterocycles. The quantitative estimate of drug-likeness (QED) is 0.822. The van der Waals surface area contributed by atoms with Gasteiger partial charge < -0.3 is 10.2 Å². The Hall–Kier alpha value is -1.55. The zero-order valence-electron chi connectivity index (χ0n) is 12.7. The summed E-state index contributed by atoms with van der Waals surface area (Å²) in [4.78, 5) is 14.8. The summed E-state index contributed by atoms with van der Waals surface area (Å²) in [7, 11) is 0. The minimum atomic E-state index is -0.0904. The van der Waals surface area contributed by atoms with Crippen LogP contribution >= 0.6 is 0 Å². The van der Waals surface area contributed by atoms with Crippen molar-refractivity contribution in [2.75, 3.05) is 13.1 Å². The third-order valence-electron chi connectivity index (χ3n) is 4.77. The fourth-order valence-electron chi connectivity index (χ4n) is 3.75. The topological polar surface area (TPSA) is 60.8 Å². The summed E-state index contributed by atoms with van der Waals surface area (Å²) in [5, 5.41) is 19.4. The van der Waals surface area contributed by atoms with E-state index >= 15 is 0 Å². The second-order valence-corrected chi connectivity index (χ2v) is 6.80. The standard InChI is InChI=1S/C17H23NO3/c1-10(2)5-12-9-18-4-3-11-6-16(20)17(21)7-13(11)14(18)8-15(12)19/h6-7,10,12,14,20-21H,3-5,8-9H2,1-2H3/t12-,14?/m0/s1. The second-order valence-electron chi connectivity index (χ2n) is 6.80. The predicted octanol–water partition coefficient (Wildman–Crippen LogP) is 2.63. The van der Waals surface area contributed by atoms with Crippen LogP contribution in [-0.4, -0.2) is 34.0 Å². The zero-order valence-corrected chi connectivity index (χ0v) is 12.7. The van der Waals surface area contributed by atoms with Crippen LogP contribution in [0, 0.1) is 11.8 Å². The number of benzene rings is 1. The van der Waals surface area contributed by atoms with Crippen molar-refractivity contribution in [3.63, 3.8) is 0 Å². The maximum Gasteiger partial charge on any atom is 0.157 e. The number of hydrogen-bond donors (Lipinski definition) is 2. The van der Waals surface area contributed by atoms with Gasteiger partial charge in [-0.3, -0.25) is 9.69 Å². The highest BCUT2D eigenvalue weighted by Crippen LogP contribution is 2.41. The van der Waals surface area contributed by atoms with Gasteiger partial charge in [-0.1, -0.05) is 13.8 Å². The molecule has 0 amide bonds. The average Bonchev–Trinajstić information content (AvgIpc) is 2.41. The molecule has 0 aliphatic carbocycles. The van der Waals surface area contributed by atoms with Crippen molar-refractivity contribution < 1.29 is 15.0 Å². The van der Waals surface area contributed by atoms with Gasteiger partial charge >= 0.3 is 0 Å². The van der Waals surface area contributed by atoms with Gasteiger partial charge in [-0.2, -0.15) is 0 Å². The molecular formula is C17H23NO3.